The molecule has 2 rings (SSSR count). The monoisotopic (exact) mass is 399 g/mol. The lowest BCUT2D eigenvalue weighted by molar-refractivity contribution is -0.321. The van der Waals surface area contributed by atoms with E-state index in [1.165, 1.54) is 0 Å². The second kappa shape index (κ2) is 9.41. The molecule has 0 N–H and O–H groups in total. The van der Waals surface area contributed by atoms with Crippen molar-refractivity contribution < 1.29 is 31.8 Å². The van der Waals surface area contributed by atoms with Crippen LogP contribution in [-0.4, -0.2) is 60.8 Å². The fourth-order valence-corrected chi connectivity index (χ4v) is 3.81. The van der Waals surface area contributed by atoms with E-state index in [0.717, 1.165) is 0 Å². The van der Waals surface area contributed by atoms with Gasteiger partial charge in [-0.3, -0.25) is 4.79 Å². The van der Waals surface area contributed by atoms with Crippen LogP contribution in [0.15, 0.2) is 11.6 Å². The minimum Gasteiger partial charge on any atom is -0.360 e. The van der Waals surface area contributed by atoms with Crippen LogP contribution in [0.4, 0.5) is 17.6 Å². The molecule has 1 aliphatic heterocycles. The van der Waals surface area contributed by atoms with Crippen LogP contribution in [-0.2, 0) is 14.3 Å². The van der Waals surface area contributed by atoms with Crippen molar-refractivity contribution in [3.63, 3.8) is 0 Å². The lowest BCUT2D eigenvalue weighted by atomic mass is 9.86. The van der Waals surface area contributed by atoms with Crippen molar-refractivity contribution in [1.29, 1.82) is 0 Å². The molecular formula is C17H25F4NO3S. The molecule has 2 aliphatic rings. The highest BCUT2D eigenvalue weighted by Crippen LogP contribution is 2.34. The Balaban J connectivity index is 1.84. The SMILES string of the molecule is CSC1COCN(C(=O)/C(C)=C/C2CCC(OC(F)(F)C(F)F)CC2)C1. The largest absolute Gasteiger partial charge is 0.416 e. The smallest absolute Gasteiger partial charge is 0.360 e. The molecule has 2 fully saturated rings. The van der Waals surface area contributed by atoms with Gasteiger partial charge in [-0.2, -0.15) is 20.5 Å². The number of alkyl halides is 4. The average Bonchev–Trinajstić information content (AvgIpc) is 2.62. The van der Waals surface area contributed by atoms with Gasteiger partial charge in [-0.05, 0) is 44.8 Å². The number of hydrogen-bond acceptors (Lipinski definition) is 4. The molecule has 1 saturated heterocycles. The van der Waals surface area contributed by atoms with Crippen LogP contribution in [0.5, 0.6) is 0 Å². The Labute approximate surface area is 155 Å². The van der Waals surface area contributed by atoms with Crippen molar-refractivity contribution in [3.8, 4) is 0 Å². The molecule has 1 amide bonds. The van der Waals surface area contributed by atoms with Crippen molar-refractivity contribution in [2.75, 3.05) is 26.1 Å². The number of allylic oxidation sites excluding steroid dienone is 1. The number of rotatable bonds is 6. The van der Waals surface area contributed by atoms with E-state index in [2.05, 4.69) is 4.74 Å². The molecule has 1 aliphatic carbocycles. The number of amides is 1. The van der Waals surface area contributed by atoms with Crippen molar-refractivity contribution in [1.82, 2.24) is 4.90 Å². The summed E-state index contributed by atoms with van der Waals surface area (Å²) in [6.45, 7) is 3.26. The third-order valence-electron chi connectivity index (χ3n) is 4.72. The number of thioether (sulfide) groups is 1. The highest BCUT2D eigenvalue weighted by Gasteiger charge is 2.44. The van der Waals surface area contributed by atoms with E-state index in [4.69, 9.17) is 4.74 Å². The fraction of sp³-hybridized carbons (Fsp3) is 0.824. The zero-order valence-corrected chi connectivity index (χ0v) is 15.7. The Morgan fingerprint density at radius 2 is 1.96 bits per heavy atom. The van der Waals surface area contributed by atoms with Gasteiger partial charge in [0.25, 0.3) is 5.91 Å². The molecule has 0 bridgehead atoms. The maximum atomic E-state index is 13.0. The maximum Gasteiger partial charge on any atom is 0.416 e. The van der Waals surface area contributed by atoms with Crippen LogP contribution in [0.2, 0.25) is 0 Å². The van der Waals surface area contributed by atoms with Crippen molar-refractivity contribution >= 4 is 17.7 Å². The van der Waals surface area contributed by atoms with Crippen LogP contribution >= 0.6 is 11.8 Å². The van der Waals surface area contributed by atoms with Gasteiger partial charge in [-0.15, -0.1) is 0 Å². The van der Waals surface area contributed by atoms with E-state index < -0.39 is 18.6 Å². The van der Waals surface area contributed by atoms with Crippen LogP contribution in [0.1, 0.15) is 32.6 Å². The van der Waals surface area contributed by atoms with Gasteiger partial charge in [0.05, 0.1) is 12.7 Å². The van der Waals surface area contributed by atoms with Crippen LogP contribution in [0.25, 0.3) is 0 Å². The van der Waals surface area contributed by atoms with Crippen LogP contribution in [0, 0.1) is 5.92 Å². The van der Waals surface area contributed by atoms with Gasteiger partial charge in [0.1, 0.15) is 6.73 Å². The maximum absolute atomic E-state index is 13.0. The first-order valence-corrected chi connectivity index (χ1v) is 9.93. The molecule has 0 radical (unpaired) electrons. The second-order valence-corrected chi connectivity index (χ2v) is 7.89. The van der Waals surface area contributed by atoms with Gasteiger partial charge in [-0.25, -0.2) is 8.78 Å². The standard InChI is InChI=1S/C17H25F4NO3S/c1-11(15(23)22-8-14(26-2)9-24-10-22)7-12-3-5-13(6-4-12)25-17(20,21)16(18)19/h7,12-14,16H,3-6,8-10H2,1-2H3/b11-7+. The van der Waals surface area contributed by atoms with Gasteiger partial charge >= 0.3 is 12.5 Å². The van der Waals surface area contributed by atoms with E-state index >= 15 is 0 Å². The van der Waals surface area contributed by atoms with E-state index in [-0.39, 0.29) is 36.6 Å². The number of carbonyl (C=O) groups is 1. The molecule has 9 heteroatoms. The molecular weight excluding hydrogens is 374 g/mol. The van der Waals surface area contributed by atoms with E-state index in [1.54, 1.807) is 23.6 Å². The van der Waals surface area contributed by atoms with Crippen molar-refractivity contribution in [2.45, 2.75) is 56.5 Å². The minimum absolute atomic E-state index is 0.0565. The molecule has 1 saturated carbocycles. The Morgan fingerprint density at radius 1 is 1.31 bits per heavy atom. The predicted octanol–water partition coefficient (Wildman–Crippen LogP) is 3.91. The molecule has 1 atom stereocenters. The van der Waals surface area contributed by atoms with Crippen LogP contribution in [0.3, 0.4) is 0 Å². The first-order chi connectivity index (χ1) is 12.2. The van der Waals surface area contributed by atoms with Crippen LogP contribution < -0.4 is 0 Å². The number of carbonyl (C=O) groups excluding carboxylic acids is 1. The molecule has 0 aromatic heterocycles. The average molecular weight is 399 g/mol. The summed E-state index contributed by atoms with van der Waals surface area (Å²) in [7, 11) is 0. The molecule has 0 aromatic carbocycles. The normalized spacial score (nSPS) is 28.5. The fourth-order valence-electron chi connectivity index (χ4n) is 3.25. The Hall–Kier alpha value is -0.800. The molecule has 150 valence electrons. The summed E-state index contributed by atoms with van der Waals surface area (Å²) in [6, 6.07) is 0. The van der Waals surface area contributed by atoms with E-state index in [1.807, 2.05) is 12.3 Å². The molecule has 0 spiro atoms. The first-order valence-electron chi connectivity index (χ1n) is 8.65. The van der Waals surface area contributed by atoms with Gasteiger partial charge in [0.2, 0.25) is 0 Å². The quantitative estimate of drug-likeness (QED) is 0.501. The summed E-state index contributed by atoms with van der Waals surface area (Å²) in [4.78, 5) is 14.2. The molecule has 4 nitrogen and oxygen atoms in total. The number of hydrogen-bond donors (Lipinski definition) is 0. The summed E-state index contributed by atoms with van der Waals surface area (Å²) in [5.41, 5.74) is 0.595. The summed E-state index contributed by atoms with van der Waals surface area (Å²) in [5.74, 6) is -0.0348. The highest BCUT2D eigenvalue weighted by molar-refractivity contribution is 7.99. The Kier molecular flexibility index (Phi) is 7.78. The van der Waals surface area contributed by atoms with Gasteiger partial charge < -0.3 is 14.4 Å². The Bertz CT molecular complexity index is 510. The summed E-state index contributed by atoms with van der Waals surface area (Å²) >= 11 is 1.65. The third-order valence-corrected chi connectivity index (χ3v) is 5.67. The summed E-state index contributed by atoms with van der Waals surface area (Å²) in [6.07, 6.45) is -3.68. The van der Waals surface area contributed by atoms with Gasteiger partial charge in [-0.1, -0.05) is 6.08 Å². The van der Waals surface area contributed by atoms with Gasteiger partial charge in [0.15, 0.2) is 0 Å². The zero-order chi connectivity index (χ0) is 19.3. The van der Waals surface area contributed by atoms with Crippen molar-refractivity contribution in [2.24, 2.45) is 5.92 Å². The first kappa shape index (κ1) is 21.5. The van der Waals surface area contributed by atoms with E-state index in [9.17, 15) is 22.4 Å². The summed E-state index contributed by atoms with van der Waals surface area (Å²) < 4.78 is 60.0. The topological polar surface area (TPSA) is 38.8 Å². The van der Waals surface area contributed by atoms with E-state index in [0.29, 0.717) is 31.6 Å². The number of halogens is 4. The highest BCUT2D eigenvalue weighted by atomic mass is 32.2. The second-order valence-electron chi connectivity index (χ2n) is 6.75. The minimum atomic E-state index is -4.40. The van der Waals surface area contributed by atoms with Gasteiger partial charge in [0, 0.05) is 17.4 Å². The molecule has 1 unspecified atom stereocenters. The summed E-state index contributed by atoms with van der Waals surface area (Å²) in [5, 5.41) is 0.254. The number of ether oxygens (including phenoxy) is 2. The molecule has 1 heterocycles. The number of nitrogens with zero attached hydrogens (tertiary/aromatic N) is 1. The predicted molar refractivity (Wildman–Crippen MR) is 91.4 cm³/mol. The third kappa shape index (κ3) is 5.85. The molecule has 26 heavy (non-hydrogen) atoms. The van der Waals surface area contributed by atoms with Crippen molar-refractivity contribution in [3.05, 3.63) is 11.6 Å². The molecule has 0 aromatic rings. The zero-order valence-electron chi connectivity index (χ0n) is 14.9. The lowest BCUT2D eigenvalue weighted by Crippen LogP contribution is -2.44. The lowest BCUT2D eigenvalue weighted by Gasteiger charge is -2.33. The Morgan fingerprint density at radius 3 is 2.54 bits per heavy atom.